The average molecular weight is 344 g/mol. The van der Waals surface area contributed by atoms with Crippen LogP contribution in [0.2, 0.25) is 10.0 Å². The van der Waals surface area contributed by atoms with Crippen LogP contribution in [0.15, 0.2) is 59.8 Å². The molecule has 0 atom stereocenters. The van der Waals surface area contributed by atoms with Gasteiger partial charge in [-0.05, 0) is 12.1 Å². The minimum absolute atomic E-state index is 0.299. The molecule has 5 nitrogen and oxygen atoms in total. The summed E-state index contributed by atoms with van der Waals surface area (Å²) in [5, 5.41) is 13.0. The van der Waals surface area contributed by atoms with Gasteiger partial charge in [-0.3, -0.25) is 0 Å². The van der Waals surface area contributed by atoms with Gasteiger partial charge in [0.2, 0.25) is 0 Å². The third-order valence-corrected chi connectivity index (χ3v) is 3.52. The predicted molar refractivity (Wildman–Crippen MR) is 92.9 cm³/mol. The molecule has 3 rings (SSSR count). The van der Waals surface area contributed by atoms with E-state index >= 15 is 0 Å². The fourth-order valence-electron chi connectivity index (χ4n) is 1.86. The Morgan fingerprint density at radius 2 is 1.87 bits per heavy atom. The molecule has 1 aromatic heterocycles. The maximum atomic E-state index is 6.07. The van der Waals surface area contributed by atoms with Gasteiger partial charge in [0.05, 0.1) is 23.1 Å². The van der Waals surface area contributed by atoms with Gasteiger partial charge in [0, 0.05) is 16.1 Å². The molecule has 3 aromatic rings. The summed E-state index contributed by atoms with van der Waals surface area (Å²) in [4.78, 5) is 4.36. The number of halogens is 2. The first-order valence-corrected chi connectivity index (χ1v) is 7.47. The van der Waals surface area contributed by atoms with E-state index in [-0.39, 0.29) is 0 Å². The Bertz CT molecular complexity index is 837. The number of nitrogens with one attached hydrogen (secondary N) is 1. The predicted octanol–water partition coefficient (Wildman–Crippen LogP) is 4.29. The lowest BCUT2D eigenvalue weighted by molar-refractivity contribution is 0.967. The van der Waals surface area contributed by atoms with Crippen LogP contribution in [0, 0.1) is 0 Å². The standard InChI is InChI=1S/C16H11Cl2N5/c17-13-7-6-12(14(18)8-13)9-19-22-16-21-15(10-20-23-16)11-4-2-1-3-5-11/h1-10H,(H,21,22,23). The van der Waals surface area contributed by atoms with E-state index in [2.05, 4.69) is 25.7 Å². The summed E-state index contributed by atoms with van der Waals surface area (Å²) in [5.74, 6) is 0.299. The van der Waals surface area contributed by atoms with Crippen molar-refractivity contribution in [3.63, 3.8) is 0 Å². The molecule has 2 aromatic carbocycles. The molecule has 0 aliphatic rings. The average Bonchev–Trinajstić information content (AvgIpc) is 2.58. The number of benzene rings is 2. The quantitative estimate of drug-likeness (QED) is 0.566. The molecule has 0 bridgehead atoms. The van der Waals surface area contributed by atoms with Crippen LogP contribution in [0.4, 0.5) is 5.95 Å². The molecule has 0 fully saturated rings. The van der Waals surface area contributed by atoms with Crippen molar-refractivity contribution in [3.8, 4) is 11.3 Å². The molecular weight excluding hydrogens is 333 g/mol. The summed E-state index contributed by atoms with van der Waals surface area (Å²) in [7, 11) is 0. The van der Waals surface area contributed by atoms with Gasteiger partial charge in [-0.25, -0.2) is 10.4 Å². The molecule has 0 aliphatic carbocycles. The molecule has 0 aliphatic heterocycles. The van der Waals surface area contributed by atoms with E-state index in [1.54, 1.807) is 30.6 Å². The Hall–Kier alpha value is -2.50. The van der Waals surface area contributed by atoms with Gasteiger partial charge in [-0.2, -0.15) is 10.2 Å². The maximum Gasteiger partial charge on any atom is 0.263 e. The molecule has 114 valence electrons. The molecule has 1 N–H and O–H groups in total. The van der Waals surface area contributed by atoms with Crippen molar-refractivity contribution in [1.29, 1.82) is 0 Å². The fraction of sp³-hybridized carbons (Fsp3) is 0. The van der Waals surface area contributed by atoms with Gasteiger partial charge in [0.15, 0.2) is 0 Å². The molecule has 0 spiro atoms. The Balaban J connectivity index is 1.75. The minimum atomic E-state index is 0.299. The largest absolute Gasteiger partial charge is 0.263 e. The molecule has 0 radical (unpaired) electrons. The van der Waals surface area contributed by atoms with Crippen LogP contribution in [0.1, 0.15) is 5.56 Å². The number of hydrogen-bond donors (Lipinski definition) is 1. The normalized spacial score (nSPS) is 10.9. The van der Waals surface area contributed by atoms with Crippen LogP contribution in [-0.2, 0) is 0 Å². The van der Waals surface area contributed by atoms with Gasteiger partial charge in [0.25, 0.3) is 5.95 Å². The van der Waals surface area contributed by atoms with Crippen LogP contribution in [0.25, 0.3) is 11.3 Å². The zero-order chi connectivity index (χ0) is 16.1. The molecular formula is C16H11Cl2N5. The van der Waals surface area contributed by atoms with Crippen molar-refractivity contribution < 1.29 is 0 Å². The summed E-state index contributed by atoms with van der Waals surface area (Å²) in [6.45, 7) is 0. The van der Waals surface area contributed by atoms with Gasteiger partial charge in [-0.15, -0.1) is 5.10 Å². The van der Waals surface area contributed by atoms with Crippen LogP contribution < -0.4 is 5.43 Å². The second-order valence-electron chi connectivity index (χ2n) is 4.57. The van der Waals surface area contributed by atoms with E-state index in [9.17, 15) is 0 Å². The summed E-state index contributed by atoms with van der Waals surface area (Å²) < 4.78 is 0. The van der Waals surface area contributed by atoms with Crippen molar-refractivity contribution in [3.05, 3.63) is 70.3 Å². The number of rotatable bonds is 4. The third-order valence-electron chi connectivity index (χ3n) is 2.96. The van der Waals surface area contributed by atoms with Crippen LogP contribution in [-0.4, -0.2) is 21.4 Å². The minimum Gasteiger partial charge on any atom is -0.244 e. The van der Waals surface area contributed by atoms with E-state index < -0.39 is 0 Å². The van der Waals surface area contributed by atoms with Crippen molar-refractivity contribution in [2.24, 2.45) is 5.10 Å². The van der Waals surface area contributed by atoms with E-state index in [4.69, 9.17) is 23.2 Å². The first-order valence-electron chi connectivity index (χ1n) is 6.71. The topological polar surface area (TPSA) is 63.1 Å². The third kappa shape index (κ3) is 4.03. The second kappa shape index (κ2) is 7.17. The first kappa shape index (κ1) is 15.4. The highest BCUT2D eigenvalue weighted by Crippen LogP contribution is 2.19. The first-order chi connectivity index (χ1) is 11.2. The Morgan fingerprint density at radius 1 is 1.04 bits per heavy atom. The van der Waals surface area contributed by atoms with E-state index in [0.717, 1.165) is 11.1 Å². The van der Waals surface area contributed by atoms with Gasteiger partial charge in [0.1, 0.15) is 0 Å². The molecule has 0 unspecified atom stereocenters. The summed E-state index contributed by atoms with van der Waals surface area (Å²) in [6, 6.07) is 14.9. The zero-order valence-corrected chi connectivity index (χ0v) is 13.3. The van der Waals surface area contributed by atoms with Crippen molar-refractivity contribution in [2.75, 3.05) is 5.43 Å². The Morgan fingerprint density at radius 3 is 2.65 bits per heavy atom. The maximum absolute atomic E-state index is 6.07. The monoisotopic (exact) mass is 343 g/mol. The summed E-state index contributed by atoms with van der Waals surface area (Å²) >= 11 is 11.9. The SMILES string of the molecule is Clc1ccc(C=NNc2nncc(-c3ccccc3)n2)c(Cl)c1. The molecule has 0 saturated heterocycles. The number of nitrogens with zero attached hydrogens (tertiary/aromatic N) is 4. The number of anilines is 1. The van der Waals surface area contributed by atoms with E-state index in [1.165, 1.54) is 0 Å². The lowest BCUT2D eigenvalue weighted by atomic mass is 10.2. The second-order valence-corrected chi connectivity index (χ2v) is 5.41. The fourth-order valence-corrected chi connectivity index (χ4v) is 2.32. The molecule has 7 heteroatoms. The smallest absolute Gasteiger partial charge is 0.244 e. The highest BCUT2D eigenvalue weighted by Gasteiger charge is 2.02. The summed E-state index contributed by atoms with van der Waals surface area (Å²) in [5.41, 5.74) is 5.14. The van der Waals surface area contributed by atoms with Crippen LogP contribution in [0.5, 0.6) is 0 Å². The lowest BCUT2D eigenvalue weighted by Gasteiger charge is -2.02. The Labute approximate surface area is 143 Å². The lowest BCUT2D eigenvalue weighted by Crippen LogP contribution is -2.00. The van der Waals surface area contributed by atoms with Crippen molar-refractivity contribution in [1.82, 2.24) is 15.2 Å². The number of aromatic nitrogens is 3. The molecule has 1 heterocycles. The summed E-state index contributed by atoms with van der Waals surface area (Å²) in [6.07, 6.45) is 3.16. The van der Waals surface area contributed by atoms with Gasteiger partial charge >= 0.3 is 0 Å². The molecule has 23 heavy (non-hydrogen) atoms. The van der Waals surface area contributed by atoms with E-state index in [0.29, 0.717) is 21.7 Å². The molecule has 0 amide bonds. The zero-order valence-electron chi connectivity index (χ0n) is 11.8. The van der Waals surface area contributed by atoms with Crippen LogP contribution >= 0.6 is 23.2 Å². The molecule has 0 saturated carbocycles. The Kier molecular flexibility index (Phi) is 4.80. The number of hydrazone groups is 1. The van der Waals surface area contributed by atoms with Gasteiger partial charge < -0.3 is 0 Å². The van der Waals surface area contributed by atoms with E-state index in [1.807, 2.05) is 30.3 Å². The van der Waals surface area contributed by atoms with Gasteiger partial charge in [-0.1, -0.05) is 59.6 Å². The highest BCUT2D eigenvalue weighted by molar-refractivity contribution is 6.36. The van der Waals surface area contributed by atoms with Crippen molar-refractivity contribution >= 4 is 35.4 Å². The van der Waals surface area contributed by atoms with Crippen LogP contribution in [0.3, 0.4) is 0 Å². The highest BCUT2D eigenvalue weighted by atomic mass is 35.5. The number of hydrogen-bond acceptors (Lipinski definition) is 5. The van der Waals surface area contributed by atoms with Crippen molar-refractivity contribution in [2.45, 2.75) is 0 Å².